The minimum Gasteiger partial charge on any atom is -0.478 e. The van der Waals surface area contributed by atoms with Gasteiger partial charge in [-0.2, -0.15) is 0 Å². The van der Waals surface area contributed by atoms with Crippen molar-refractivity contribution in [2.45, 2.75) is 0 Å². The number of carboxylic acids is 2. The van der Waals surface area contributed by atoms with E-state index in [4.69, 9.17) is 10.2 Å². The molecule has 0 aliphatic rings. The van der Waals surface area contributed by atoms with Gasteiger partial charge in [-0.05, 0) is 18.2 Å². The van der Waals surface area contributed by atoms with Crippen molar-refractivity contribution in [2.24, 2.45) is 0 Å². The maximum absolute atomic E-state index is 10.4. The van der Waals surface area contributed by atoms with E-state index in [1.54, 1.807) is 0 Å². The van der Waals surface area contributed by atoms with Crippen molar-refractivity contribution in [1.82, 2.24) is 0 Å². The summed E-state index contributed by atoms with van der Waals surface area (Å²) in [7, 11) is 0. The highest BCUT2D eigenvalue weighted by molar-refractivity contribution is 5.93. The van der Waals surface area contributed by atoms with Crippen molar-refractivity contribution < 1.29 is 25.3 Å². The summed E-state index contributed by atoms with van der Waals surface area (Å²) in [5.74, 6) is -2.25. The summed E-state index contributed by atoms with van der Waals surface area (Å²) in [5, 5.41) is 17.0. The summed E-state index contributed by atoms with van der Waals surface area (Å²) < 4.78 is 0. The quantitative estimate of drug-likeness (QED) is 0.687. The molecule has 0 aliphatic heterocycles. The van der Waals surface area contributed by atoms with E-state index in [0.717, 1.165) is 6.07 Å². The molecule has 0 radical (unpaired) electrons. The van der Waals surface area contributed by atoms with Crippen molar-refractivity contribution in [2.75, 3.05) is 0 Å². The van der Waals surface area contributed by atoms with E-state index in [-0.39, 0.29) is 16.6 Å². The Balaban J connectivity index is 0.00000144. The Morgan fingerprint density at radius 3 is 1.69 bits per heavy atom. The third-order valence-electron chi connectivity index (χ3n) is 1.36. The minimum atomic E-state index is -1.13. The first-order valence-electron chi connectivity index (χ1n) is 3.18. The van der Waals surface area contributed by atoms with E-state index >= 15 is 0 Å². The first-order valence-corrected chi connectivity index (χ1v) is 3.18. The Morgan fingerprint density at radius 1 is 1.00 bits per heavy atom. The normalized spacial score (nSPS) is 8.62. The van der Waals surface area contributed by atoms with Crippen LogP contribution in [0.1, 0.15) is 20.7 Å². The predicted molar refractivity (Wildman–Crippen MR) is 44.0 cm³/mol. The van der Waals surface area contributed by atoms with Gasteiger partial charge in [0.15, 0.2) is 0 Å². The molecule has 0 atom stereocenters. The lowest BCUT2D eigenvalue weighted by atomic mass is 10.1. The second-order valence-electron chi connectivity index (χ2n) is 2.19. The van der Waals surface area contributed by atoms with Gasteiger partial charge in [0.25, 0.3) is 0 Å². The number of carbonyl (C=O) groups is 2. The zero-order chi connectivity index (χ0) is 9.14. The highest BCUT2D eigenvalue weighted by atomic mass is 16.4. The summed E-state index contributed by atoms with van der Waals surface area (Å²) in [6.45, 7) is 0. The molecule has 0 heterocycles. The highest BCUT2D eigenvalue weighted by Gasteiger charge is 2.06. The van der Waals surface area contributed by atoms with Gasteiger partial charge in [-0.3, -0.25) is 0 Å². The number of hydrogen-bond acceptors (Lipinski definition) is 2. The number of aromatic carboxylic acids is 2. The van der Waals surface area contributed by atoms with Crippen LogP contribution in [0.25, 0.3) is 0 Å². The molecule has 4 N–H and O–H groups in total. The summed E-state index contributed by atoms with van der Waals surface area (Å²) in [6.07, 6.45) is 0. The van der Waals surface area contributed by atoms with Crippen molar-refractivity contribution in [1.29, 1.82) is 0 Å². The smallest absolute Gasteiger partial charge is 0.335 e. The Labute approximate surface area is 73.6 Å². The largest absolute Gasteiger partial charge is 0.478 e. The van der Waals surface area contributed by atoms with E-state index in [1.165, 1.54) is 18.2 Å². The standard InChI is InChI=1S/C8H6O4.H2O/c9-7(10)5-2-1-3-6(4-5)8(11)12;/h1-4H,(H,9,10)(H,11,12);1H2. The van der Waals surface area contributed by atoms with Crippen molar-refractivity contribution in [3.05, 3.63) is 35.4 Å². The Kier molecular flexibility index (Phi) is 3.61. The molecule has 0 amide bonds. The van der Waals surface area contributed by atoms with Crippen LogP contribution in [0, 0.1) is 0 Å². The van der Waals surface area contributed by atoms with Crippen LogP contribution in [0.5, 0.6) is 0 Å². The summed E-state index contributed by atoms with van der Waals surface area (Å²) >= 11 is 0. The Hall–Kier alpha value is -1.88. The van der Waals surface area contributed by atoms with Crippen LogP contribution in [0.2, 0.25) is 0 Å². The maximum Gasteiger partial charge on any atom is 0.335 e. The lowest BCUT2D eigenvalue weighted by molar-refractivity contribution is 0.0696. The first kappa shape index (κ1) is 11.1. The van der Waals surface area contributed by atoms with Gasteiger partial charge in [0.2, 0.25) is 0 Å². The Morgan fingerprint density at radius 2 is 1.38 bits per heavy atom. The van der Waals surface area contributed by atoms with Crippen LogP contribution in [0.15, 0.2) is 24.3 Å². The van der Waals surface area contributed by atoms with E-state index in [0.29, 0.717) is 0 Å². The van der Waals surface area contributed by atoms with Gasteiger partial charge in [0, 0.05) is 0 Å². The van der Waals surface area contributed by atoms with Crippen LogP contribution >= 0.6 is 0 Å². The summed E-state index contributed by atoms with van der Waals surface area (Å²) in [4.78, 5) is 20.8. The van der Waals surface area contributed by atoms with E-state index < -0.39 is 11.9 Å². The summed E-state index contributed by atoms with van der Waals surface area (Å²) in [6, 6.07) is 5.20. The monoisotopic (exact) mass is 184 g/mol. The van der Waals surface area contributed by atoms with Gasteiger partial charge in [0.1, 0.15) is 0 Å². The molecular formula is C8H8O5. The molecular weight excluding hydrogens is 176 g/mol. The molecule has 5 heteroatoms. The fourth-order valence-electron chi connectivity index (χ4n) is 0.785. The second-order valence-corrected chi connectivity index (χ2v) is 2.19. The molecule has 1 aromatic carbocycles. The fourth-order valence-corrected chi connectivity index (χ4v) is 0.785. The molecule has 13 heavy (non-hydrogen) atoms. The van der Waals surface area contributed by atoms with Crippen molar-refractivity contribution >= 4 is 11.9 Å². The lowest BCUT2D eigenvalue weighted by Crippen LogP contribution is -2.01. The van der Waals surface area contributed by atoms with Gasteiger partial charge in [-0.25, -0.2) is 9.59 Å². The molecule has 1 rings (SSSR count). The van der Waals surface area contributed by atoms with E-state index in [1.807, 2.05) is 0 Å². The third-order valence-corrected chi connectivity index (χ3v) is 1.36. The molecule has 1 aromatic rings. The number of hydrogen-bond donors (Lipinski definition) is 2. The van der Waals surface area contributed by atoms with Gasteiger partial charge in [0.05, 0.1) is 11.1 Å². The van der Waals surface area contributed by atoms with E-state index in [2.05, 4.69) is 0 Å². The Bertz CT molecular complexity index is 302. The second kappa shape index (κ2) is 4.22. The molecule has 0 aliphatic carbocycles. The number of carboxylic acid groups (broad SMARTS) is 2. The topological polar surface area (TPSA) is 106 Å². The third kappa shape index (κ3) is 2.57. The van der Waals surface area contributed by atoms with Crippen LogP contribution in [0.4, 0.5) is 0 Å². The van der Waals surface area contributed by atoms with Gasteiger partial charge in [-0.1, -0.05) is 6.07 Å². The SMILES string of the molecule is O.O=C(O)c1cccc(C(=O)O)c1. The molecule has 0 spiro atoms. The number of rotatable bonds is 2. The molecule has 5 nitrogen and oxygen atoms in total. The average Bonchev–Trinajstić information content (AvgIpc) is 2.04. The summed E-state index contributed by atoms with van der Waals surface area (Å²) in [5.41, 5.74) is -0.0372. The van der Waals surface area contributed by atoms with Crippen LogP contribution < -0.4 is 0 Å². The molecule has 0 fully saturated rings. The zero-order valence-electron chi connectivity index (χ0n) is 6.52. The van der Waals surface area contributed by atoms with E-state index in [9.17, 15) is 9.59 Å². The lowest BCUT2D eigenvalue weighted by Gasteiger charge is -1.95. The fraction of sp³-hybridized carbons (Fsp3) is 0. The molecule has 0 saturated heterocycles. The van der Waals surface area contributed by atoms with Gasteiger partial charge < -0.3 is 15.7 Å². The molecule has 0 aromatic heterocycles. The first-order chi connectivity index (χ1) is 5.61. The molecule has 0 bridgehead atoms. The van der Waals surface area contributed by atoms with Crippen molar-refractivity contribution in [3.8, 4) is 0 Å². The van der Waals surface area contributed by atoms with Gasteiger partial charge >= 0.3 is 11.9 Å². The van der Waals surface area contributed by atoms with Gasteiger partial charge in [-0.15, -0.1) is 0 Å². The highest BCUT2D eigenvalue weighted by Crippen LogP contribution is 2.04. The molecule has 70 valence electrons. The zero-order valence-corrected chi connectivity index (χ0v) is 6.52. The molecule has 0 unspecified atom stereocenters. The van der Waals surface area contributed by atoms with Crippen LogP contribution in [0.3, 0.4) is 0 Å². The molecule has 0 saturated carbocycles. The van der Waals surface area contributed by atoms with Crippen LogP contribution in [-0.2, 0) is 0 Å². The predicted octanol–water partition coefficient (Wildman–Crippen LogP) is 0.258. The maximum atomic E-state index is 10.4. The minimum absolute atomic E-state index is 0. The average molecular weight is 184 g/mol. The van der Waals surface area contributed by atoms with Crippen molar-refractivity contribution in [3.63, 3.8) is 0 Å². The van der Waals surface area contributed by atoms with Crippen LogP contribution in [-0.4, -0.2) is 27.6 Å². The number of benzene rings is 1.